The fourth-order valence-corrected chi connectivity index (χ4v) is 2.97. The summed E-state index contributed by atoms with van der Waals surface area (Å²) in [6, 6.07) is 2.86. The third kappa shape index (κ3) is 2.80. The topological polar surface area (TPSA) is 15.3 Å². The molecule has 4 heteroatoms. The third-order valence-electron chi connectivity index (χ3n) is 4.53. The van der Waals surface area contributed by atoms with E-state index in [0.717, 1.165) is 25.8 Å². The molecule has 1 aromatic carbocycles. The molecule has 20 heavy (non-hydrogen) atoms. The van der Waals surface area contributed by atoms with E-state index in [1.54, 1.807) is 6.92 Å². The van der Waals surface area contributed by atoms with Crippen LogP contribution in [0.5, 0.6) is 0 Å². The smallest absolute Gasteiger partial charge is 0.152 e. The predicted molar refractivity (Wildman–Crippen MR) is 79.2 cm³/mol. The number of benzene rings is 1. The highest BCUT2D eigenvalue weighted by atomic mass is 19.1. The van der Waals surface area contributed by atoms with Gasteiger partial charge in [0.2, 0.25) is 0 Å². The van der Waals surface area contributed by atoms with Gasteiger partial charge in [-0.3, -0.25) is 0 Å². The SMILES string of the molecule is CCC1(CC)CN(c2c(F)ccc(C)c2F)CCCN1. The maximum atomic E-state index is 14.3. The van der Waals surface area contributed by atoms with Gasteiger partial charge in [0.1, 0.15) is 11.5 Å². The molecule has 0 unspecified atom stereocenters. The Balaban J connectivity index is 2.38. The van der Waals surface area contributed by atoms with Gasteiger partial charge in [-0.2, -0.15) is 0 Å². The Bertz CT molecular complexity index is 470. The molecule has 1 heterocycles. The van der Waals surface area contributed by atoms with E-state index in [4.69, 9.17) is 0 Å². The summed E-state index contributed by atoms with van der Waals surface area (Å²) < 4.78 is 28.4. The van der Waals surface area contributed by atoms with Gasteiger partial charge in [-0.25, -0.2) is 8.78 Å². The van der Waals surface area contributed by atoms with Crippen molar-refractivity contribution < 1.29 is 8.78 Å². The Labute approximate surface area is 120 Å². The lowest BCUT2D eigenvalue weighted by atomic mass is 9.92. The third-order valence-corrected chi connectivity index (χ3v) is 4.53. The number of halogens is 2. The fraction of sp³-hybridized carbons (Fsp3) is 0.625. The number of rotatable bonds is 3. The maximum absolute atomic E-state index is 14.3. The summed E-state index contributed by atoms with van der Waals surface area (Å²) in [5, 5.41) is 3.56. The monoisotopic (exact) mass is 282 g/mol. The zero-order valence-electron chi connectivity index (χ0n) is 12.6. The molecule has 1 saturated heterocycles. The molecule has 0 atom stereocenters. The molecule has 0 bridgehead atoms. The van der Waals surface area contributed by atoms with E-state index in [1.165, 1.54) is 12.1 Å². The highest BCUT2D eigenvalue weighted by molar-refractivity contribution is 5.52. The summed E-state index contributed by atoms with van der Waals surface area (Å²) in [5.74, 6) is -0.885. The van der Waals surface area contributed by atoms with Gasteiger partial charge in [-0.15, -0.1) is 0 Å². The van der Waals surface area contributed by atoms with Crippen molar-refractivity contribution in [1.82, 2.24) is 5.32 Å². The largest absolute Gasteiger partial charge is 0.365 e. The Hall–Kier alpha value is -1.16. The fourth-order valence-electron chi connectivity index (χ4n) is 2.97. The normalized spacial score (nSPS) is 18.9. The average molecular weight is 282 g/mol. The van der Waals surface area contributed by atoms with Crippen LogP contribution in [0.2, 0.25) is 0 Å². The zero-order valence-corrected chi connectivity index (χ0v) is 12.6. The van der Waals surface area contributed by atoms with Gasteiger partial charge >= 0.3 is 0 Å². The van der Waals surface area contributed by atoms with Crippen molar-refractivity contribution >= 4 is 5.69 Å². The van der Waals surface area contributed by atoms with Crippen molar-refractivity contribution in [2.75, 3.05) is 24.5 Å². The molecule has 0 saturated carbocycles. The number of nitrogens with one attached hydrogen (secondary N) is 1. The summed E-state index contributed by atoms with van der Waals surface area (Å²) in [4.78, 5) is 1.88. The van der Waals surface area contributed by atoms with Gasteiger partial charge < -0.3 is 10.2 Å². The molecule has 0 aliphatic carbocycles. The van der Waals surface area contributed by atoms with Crippen molar-refractivity contribution in [1.29, 1.82) is 0 Å². The van der Waals surface area contributed by atoms with Crippen molar-refractivity contribution in [3.05, 3.63) is 29.3 Å². The van der Waals surface area contributed by atoms with Crippen LogP contribution in [0.15, 0.2) is 12.1 Å². The highest BCUT2D eigenvalue weighted by Crippen LogP contribution is 2.30. The van der Waals surface area contributed by atoms with Crippen LogP contribution in [0.1, 0.15) is 38.7 Å². The first-order chi connectivity index (χ1) is 9.53. The van der Waals surface area contributed by atoms with Crippen LogP contribution < -0.4 is 10.2 Å². The molecule has 0 spiro atoms. The number of hydrogen-bond acceptors (Lipinski definition) is 2. The van der Waals surface area contributed by atoms with Gasteiger partial charge in [0, 0.05) is 18.6 Å². The van der Waals surface area contributed by atoms with Gasteiger partial charge in [0.05, 0.1) is 0 Å². The predicted octanol–water partition coefficient (Wildman–Crippen LogP) is 3.63. The van der Waals surface area contributed by atoms with E-state index in [0.29, 0.717) is 18.7 Å². The van der Waals surface area contributed by atoms with Crippen LogP contribution in [-0.4, -0.2) is 25.2 Å². The number of anilines is 1. The second-order valence-corrected chi connectivity index (χ2v) is 5.72. The van der Waals surface area contributed by atoms with Crippen molar-refractivity contribution in [3.63, 3.8) is 0 Å². The van der Waals surface area contributed by atoms with E-state index >= 15 is 0 Å². The first-order valence-corrected chi connectivity index (χ1v) is 7.47. The summed E-state index contributed by atoms with van der Waals surface area (Å²) in [7, 11) is 0. The minimum atomic E-state index is -0.462. The van der Waals surface area contributed by atoms with Crippen molar-refractivity contribution in [3.8, 4) is 0 Å². The van der Waals surface area contributed by atoms with E-state index in [1.807, 2.05) is 4.90 Å². The molecule has 1 aromatic rings. The molecular weight excluding hydrogens is 258 g/mol. The summed E-state index contributed by atoms with van der Waals surface area (Å²) in [6.07, 6.45) is 2.80. The second-order valence-electron chi connectivity index (χ2n) is 5.72. The average Bonchev–Trinajstić information content (AvgIpc) is 2.67. The molecular formula is C16H24F2N2. The Morgan fingerprint density at radius 3 is 2.60 bits per heavy atom. The number of hydrogen-bond donors (Lipinski definition) is 1. The first kappa shape index (κ1) is 15.2. The minimum absolute atomic E-state index is 0.0564. The van der Waals surface area contributed by atoms with Crippen LogP contribution in [0.25, 0.3) is 0 Å². The maximum Gasteiger partial charge on any atom is 0.152 e. The number of nitrogens with zero attached hydrogens (tertiary/aromatic N) is 1. The molecule has 112 valence electrons. The molecule has 1 N–H and O–H groups in total. The standard InChI is InChI=1S/C16H24F2N2/c1-4-16(5-2)11-20(10-6-9-19-16)15-13(17)8-7-12(3)14(15)18/h7-8,19H,4-6,9-11H2,1-3H3. The Morgan fingerprint density at radius 2 is 1.95 bits per heavy atom. The van der Waals surface area contributed by atoms with Crippen molar-refractivity contribution in [2.45, 2.75) is 45.6 Å². The van der Waals surface area contributed by atoms with Crippen LogP contribution in [0.3, 0.4) is 0 Å². The molecule has 1 fully saturated rings. The highest BCUT2D eigenvalue weighted by Gasteiger charge is 2.32. The lowest BCUT2D eigenvalue weighted by Gasteiger charge is -2.36. The molecule has 0 amide bonds. The van der Waals surface area contributed by atoms with Gasteiger partial charge in [0.25, 0.3) is 0 Å². The molecule has 1 aliphatic rings. The molecule has 0 aromatic heterocycles. The van der Waals surface area contributed by atoms with Gasteiger partial charge in [-0.05, 0) is 44.4 Å². The molecule has 2 nitrogen and oxygen atoms in total. The van der Waals surface area contributed by atoms with Crippen LogP contribution in [0.4, 0.5) is 14.5 Å². The Kier molecular flexibility index (Phi) is 4.63. The van der Waals surface area contributed by atoms with E-state index < -0.39 is 11.6 Å². The van der Waals surface area contributed by atoms with Crippen LogP contribution in [0, 0.1) is 18.6 Å². The number of aryl methyl sites for hydroxylation is 1. The van der Waals surface area contributed by atoms with Crippen molar-refractivity contribution in [2.24, 2.45) is 0 Å². The lowest BCUT2D eigenvalue weighted by Crippen LogP contribution is -2.51. The van der Waals surface area contributed by atoms with Crippen LogP contribution >= 0.6 is 0 Å². The minimum Gasteiger partial charge on any atom is -0.365 e. The van der Waals surface area contributed by atoms with Gasteiger partial charge in [-0.1, -0.05) is 19.9 Å². The summed E-state index contributed by atoms with van der Waals surface area (Å²) in [6.45, 7) is 8.17. The van der Waals surface area contributed by atoms with E-state index in [9.17, 15) is 8.78 Å². The lowest BCUT2D eigenvalue weighted by molar-refractivity contribution is 0.320. The first-order valence-electron chi connectivity index (χ1n) is 7.47. The molecule has 1 aliphatic heterocycles. The Morgan fingerprint density at radius 1 is 1.25 bits per heavy atom. The van der Waals surface area contributed by atoms with E-state index in [2.05, 4.69) is 19.2 Å². The molecule has 2 rings (SSSR count). The van der Waals surface area contributed by atoms with Crippen LogP contribution in [-0.2, 0) is 0 Å². The van der Waals surface area contributed by atoms with E-state index in [-0.39, 0.29) is 11.2 Å². The zero-order chi connectivity index (χ0) is 14.8. The quantitative estimate of drug-likeness (QED) is 0.910. The summed E-state index contributed by atoms with van der Waals surface area (Å²) in [5.41, 5.74) is 0.580. The van der Waals surface area contributed by atoms with Gasteiger partial charge in [0.15, 0.2) is 5.82 Å². The summed E-state index contributed by atoms with van der Waals surface area (Å²) >= 11 is 0. The molecule has 0 radical (unpaired) electrons. The second kappa shape index (κ2) is 6.08.